The molecule has 2 aliphatic heterocycles. The lowest BCUT2D eigenvalue weighted by atomic mass is 10.0. The third-order valence-electron chi connectivity index (χ3n) is 11.9. The fourth-order valence-electron chi connectivity index (χ4n) is 8.45. The molecular weight excluding hydrogens is 789 g/mol. The van der Waals surface area contributed by atoms with E-state index in [1.807, 2.05) is 43.4 Å². The Hall–Kier alpha value is -3.42. The Labute approximate surface area is 371 Å². The fraction of sp³-hybridized carbons (Fsp3) is 0.809. The van der Waals surface area contributed by atoms with Crippen molar-refractivity contribution < 1.29 is 23.9 Å². The first-order valence-electron chi connectivity index (χ1n) is 24.1. The summed E-state index contributed by atoms with van der Waals surface area (Å²) < 4.78 is 8.84. The molecule has 14 heteroatoms. The molecule has 0 aliphatic carbocycles. The third-order valence-corrected chi connectivity index (χ3v) is 13.4. The van der Waals surface area contributed by atoms with Crippen LogP contribution in [0.25, 0.3) is 0 Å². The van der Waals surface area contributed by atoms with Crippen molar-refractivity contribution in [2.45, 2.75) is 225 Å². The van der Waals surface area contributed by atoms with Gasteiger partial charge in [0.2, 0.25) is 5.91 Å². The van der Waals surface area contributed by atoms with Crippen LogP contribution < -0.4 is 10.6 Å². The van der Waals surface area contributed by atoms with Gasteiger partial charge in [0.15, 0.2) is 0 Å². The van der Waals surface area contributed by atoms with E-state index in [1.54, 1.807) is 13.1 Å². The van der Waals surface area contributed by atoms with Crippen molar-refractivity contribution in [3.63, 3.8) is 0 Å². The molecule has 0 aromatic carbocycles. The summed E-state index contributed by atoms with van der Waals surface area (Å²) in [5, 5.41) is 15.2. The standard InChI is InChI=1S/C47H80N8O5S/c1-6-7-8-9-10-11-12-13-14-16-21-31-53(43(57)30-23-26-38-35-55(37(2)48-38)46(59)60-47(3,4)5)32-22-17-15-18-25-39-34-54(52-51-39)33-24-28-40(56)27-19-20-29-42-44-41(36-61-42)49-45(58)50-44/h34-35,41-42,44H,6-33,36H2,1-5H3,(H2,49,50,58)/t41-,42-,44-/m0/s1. The number of ether oxygens (including phenoxy) is 1. The fourth-order valence-corrected chi connectivity index (χ4v) is 10.00. The summed E-state index contributed by atoms with van der Waals surface area (Å²) in [5.41, 5.74) is 1.21. The predicted molar refractivity (Wildman–Crippen MR) is 245 cm³/mol. The van der Waals surface area contributed by atoms with E-state index in [1.165, 1.54) is 68.8 Å². The molecule has 61 heavy (non-hydrogen) atoms. The lowest BCUT2D eigenvalue weighted by molar-refractivity contribution is -0.131. The summed E-state index contributed by atoms with van der Waals surface area (Å²) in [6, 6.07) is 0.436. The number of carbonyl (C=O) groups excluding carboxylic acids is 4. The molecule has 3 atom stereocenters. The van der Waals surface area contributed by atoms with Crippen molar-refractivity contribution in [1.29, 1.82) is 0 Å². The van der Waals surface area contributed by atoms with Gasteiger partial charge in [-0.25, -0.2) is 19.1 Å². The maximum Gasteiger partial charge on any atom is 0.419 e. The Bertz CT molecular complexity index is 1610. The van der Waals surface area contributed by atoms with Crippen LogP contribution in [0.3, 0.4) is 0 Å². The topological polar surface area (TPSA) is 153 Å². The summed E-state index contributed by atoms with van der Waals surface area (Å²) in [5.74, 6) is 2.09. The van der Waals surface area contributed by atoms with Crippen molar-refractivity contribution in [1.82, 2.24) is 40.1 Å². The Kier molecular flexibility index (Phi) is 22.7. The Morgan fingerprint density at radius 3 is 2.11 bits per heavy atom. The van der Waals surface area contributed by atoms with E-state index in [4.69, 9.17) is 4.74 Å². The van der Waals surface area contributed by atoms with Crippen molar-refractivity contribution in [2.24, 2.45) is 0 Å². The number of Topliss-reactive ketones (excluding diaryl/α,β-unsaturated/α-hetero) is 1. The minimum atomic E-state index is -0.582. The molecule has 2 aromatic rings. The maximum absolute atomic E-state index is 13.5. The smallest absolute Gasteiger partial charge is 0.419 e. The molecule has 2 saturated heterocycles. The Morgan fingerprint density at radius 2 is 1.43 bits per heavy atom. The average Bonchev–Trinajstić information content (AvgIpc) is 4.00. The van der Waals surface area contributed by atoms with Crippen LogP contribution in [0.1, 0.15) is 193 Å². The first-order chi connectivity index (χ1) is 29.4. The van der Waals surface area contributed by atoms with Crippen LogP contribution in [0.15, 0.2) is 12.4 Å². The average molecular weight is 869 g/mol. The number of unbranched alkanes of at least 4 members (excludes halogenated alkanes) is 14. The number of thioether (sulfide) groups is 1. The molecular formula is C47H80N8O5S. The number of hydrogen-bond acceptors (Lipinski definition) is 9. The van der Waals surface area contributed by atoms with Gasteiger partial charge in [-0.2, -0.15) is 11.8 Å². The van der Waals surface area contributed by atoms with E-state index in [-0.39, 0.29) is 24.0 Å². The van der Waals surface area contributed by atoms with Crippen LogP contribution in [0, 0.1) is 6.92 Å². The Morgan fingerprint density at radius 1 is 0.787 bits per heavy atom. The van der Waals surface area contributed by atoms with E-state index in [2.05, 4.69) is 37.8 Å². The lowest BCUT2D eigenvalue weighted by Crippen LogP contribution is -2.36. The zero-order chi connectivity index (χ0) is 43.9. The Balaban J connectivity index is 1.09. The van der Waals surface area contributed by atoms with Crippen molar-refractivity contribution in [3.05, 3.63) is 29.6 Å². The normalized spacial score (nSPS) is 17.3. The highest BCUT2D eigenvalue weighted by Gasteiger charge is 2.42. The van der Waals surface area contributed by atoms with Gasteiger partial charge in [0.05, 0.1) is 23.5 Å². The van der Waals surface area contributed by atoms with Crippen molar-refractivity contribution in [2.75, 3.05) is 18.8 Å². The number of imidazole rings is 1. The summed E-state index contributed by atoms with van der Waals surface area (Å²) in [7, 11) is 0. The van der Waals surface area contributed by atoms with E-state index >= 15 is 0 Å². The molecule has 4 rings (SSSR count). The second-order valence-electron chi connectivity index (χ2n) is 18.5. The summed E-state index contributed by atoms with van der Waals surface area (Å²) in [4.78, 5) is 56.9. The molecule has 0 radical (unpaired) electrons. The molecule has 2 N–H and O–H groups in total. The van der Waals surface area contributed by atoms with Gasteiger partial charge in [0.25, 0.3) is 0 Å². The van der Waals surface area contributed by atoms with Crippen LogP contribution in [-0.2, 0) is 33.7 Å². The van der Waals surface area contributed by atoms with Crippen LogP contribution in [0.5, 0.6) is 0 Å². The van der Waals surface area contributed by atoms with E-state index in [0.29, 0.717) is 55.5 Å². The number of nitrogens with one attached hydrogen (secondary N) is 2. The first kappa shape index (κ1) is 50.2. The summed E-state index contributed by atoms with van der Waals surface area (Å²) in [6.45, 7) is 11.9. The molecule has 0 saturated carbocycles. The highest BCUT2D eigenvalue weighted by molar-refractivity contribution is 8.00. The second kappa shape index (κ2) is 27.6. The zero-order valence-electron chi connectivity index (χ0n) is 38.5. The van der Waals surface area contributed by atoms with Gasteiger partial charge in [-0.1, -0.05) is 95.6 Å². The van der Waals surface area contributed by atoms with E-state index in [9.17, 15) is 19.2 Å². The minimum absolute atomic E-state index is 0.0476. The molecule has 2 fully saturated rings. The lowest BCUT2D eigenvalue weighted by Gasteiger charge is -2.23. The number of aryl methyl sites for hydroxylation is 4. The van der Waals surface area contributed by atoms with Crippen LogP contribution in [-0.4, -0.2) is 95.0 Å². The molecule has 13 nitrogen and oxygen atoms in total. The highest BCUT2D eigenvalue weighted by atomic mass is 32.2. The molecule has 344 valence electrons. The zero-order valence-corrected chi connectivity index (χ0v) is 39.3. The molecule has 0 spiro atoms. The van der Waals surface area contributed by atoms with Gasteiger partial charge < -0.3 is 20.3 Å². The van der Waals surface area contributed by atoms with Gasteiger partial charge in [-0.15, -0.1) is 5.10 Å². The number of nitrogens with zero attached hydrogens (tertiary/aromatic N) is 6. The quantitative estimate of drug-likeness (QED) is 0.0541. The predicted octanol–water partition coefficient (Wildman–Crippen LogP) is 9.91. The van der Waals surface area contributed by atoms with Crippen LogP contribution in [0.4, 0.5) is 9.59 Å². The largest absolute Gasteiger partial charge is 0.443 e. The molecule has 2 aromatic heterocycles. The number of carbonyl (C=O) groups is 4. The van der Waals surface area contributed by atoms with Gasteiger partial charge >= 0.3 is 12.1 Å². The second-order valence-corrected chi connectivity index (χ2v) is 19.8. The monoisotopic (exact) mass is 869 g/mol. The third kappa shape index (κ3) is 19.7. The number of ketones is 1. The van der Waals surface area contributed by atoms with Crippen LogP contribution in [0.2, 0.25) is 0 Å². The van der Waals surface area contributed by atoms with Gasteiger partial charge in [-0.05, 0) is 85.5 Å². The number of aromatic nitrogens is 5. The summed E-state index contributed by atoms with van der Waals surface area (Å²) in [6.07, 6.45) is 29.2. The van der Waals surface area contributed by atoms with Crippen molar-refractivity contribution >= 4 is 35.6 Å². The van der Waals surface area contributed by atoms with Gasteiger partial charge in [0, 0.05) is 62.3 Å². The maximum atomic E-state index is 13.5. The van der Waals surface area contributed by atoms with Gasteiger partial charge in [-0.3, -0.25) is 14.3 Å². The van der Waals surface area contributed by atoms with E-state index in [0.717, 1.165) is 94.4 Å². The first-order valence-corrected chi connectivity index (χ1v) is 25.1. The molecule has 4 heterocycles. The number of amides is 3. The molecule has 2 aliphatic rings. The minimum Gasteiger partial charge on any atom is -0.443 e. The number of rotatable bonds is 32. The highest BCUT2D eigenvalue weighted by Crippen LogP contribution is 2.33. The van der Waals surface area contributed by atoms with Gasteiger partial charge in [0.1, 0.15) is 17.2 Å². The molecule has 0 unspecified atom stereocenters. The van der Waals surface area contributed by atoms with Crippen molar-refractivity contribution in [3.8, 4) is 0 Å². The SMILES string of the molecule is CCCCCCCCCCCCCN(CCCCCCc1cn(CCCC(=O)CCCC[C@@H]2SC[C@@H]3NC(=O)N[C@@H]32)nn1)C(=O)CCCc1cn(C(=O)OC(C)(C)C)c(C)n1. The van der Waals surface area contributed by atoms with E-state index < -0.39 is 11.7 Å². The van der Waals surface area contributed by atoms with Crippen LogP contribution >= 0.6 is 11.8 Å². The number of urea groups is 1. The number of fused-ring (bicyclic) bond motifs is 1. The summed E-state index contributed by atoms with van der Waals surface area (Å²) >= 11 is 1.93. The molecule has 3 amide bonds. The number of hydrogen-bond donors (Lipinski definition) is 2. The molecule has 0 bridgehead atoms.